The third-order valence-electron chi connectivity index (χ3n) is 4.69. The van der Waals surface area contributed by atoms with Crippen LogP contribution in [0.1, 0.15) is 21.5 Å². The molecule has 3 aromatic carbocycles. The number of carbonyl (C=O) groups excluding carboxylic acids is 1. The molecule has 29 heavy (non-hydrogen) atoms. The Labute approximate surface area is 174 Å². The molecule has 0 aliphatic carbocycles. The summed E-state index contributed by atoms with van der Waals surface area (Å²) in [7, 11) is 0. The Morgan fingerprint density at radius 3 is 2.45 bits per heavy atom. The van der Waals surface area contributed by atoms with Crippen LogP contribution < -0.4 is 5.32 Å². The van der Waals surface area contributed by atoms with Crippen molar-refractivity contribution in [2.45, 2.75) is 13.8 Å². The predicted molar refractivity (Wildman–Crippen MR) is 116 cm³/mol. The standard InChI is InChI=1S/C24H19ClN2O2/c1-15-8-6-12-18(14-15)26-24(28)21-22(20-16(2)9-7-13-19(20)25)27-29-23(21)17-10-4-3-5-11-17/h3-14H,1-2H3,(H,26,28). The fourth-order valence-electron chi connectivity index (χ4n) is 3.31. The third kappa shape index (κ3) is 3.80. The Bertz CT molecular complexity index is 1160. The van der Waals surface area contributed by atoms with Crippen LogP contribution in [0.25, 0.3) is 22.6 Å². The van der Waals surface area contributed by atoms with E-state index in [4.69, 9.17) is 16.1 Å². The lowest BCUT2D eigenvalue weighted by Gasteiger charge is -2.10. The molecule has 144 valence electrons. The van der Waals surface area contributed by atoms with Gasteiger partial charge in [-0.1, -0.05) is 71.4 Å². The highest BCUT2D eigenvalue weighted by atomic mass is 35.5. The molecule has 4 rings (SSSR count). The summed E-state index contributed by atoms with van der Waals surface area (Å²) in [5.41, 5.74) is 4.91. The van der Waals surface area contributed by atoms with Crippen LogP contribution in [0.3, 0.4) is 0 Å². The second-order valence-electron chi connectivity index (χ2n) is 6.86. The summed E-state index contributed by atoms with van der Waals surface area (Å²) in [6.45, 7) is 3.91. The van der Waals surface area contributed by atoms with E-state index in [0.717, 1.165) is 16.7 Å². The molecule has 1 aromatic heterocycles. The molecular weight excluding hydrogens is 384 g/mol. The lowest BCUT2D eigenvalue weighted by atomic mass is 9.98. The molecule has 0 radical (unpaired) electrons. The summed E-state index contributed by atoms with van der Waals surface area (Å²) >= 11 is 6.46. The van der Waals surface area contributed by atoms with Gasteiger partial charge >= 0.3 is 0 Å². The number of nitrogens with zero attached hydrogens (tertiary/aromatic N) is 1. The first-order valence-corrected chi connectivity index (χ1v) is 9.61. The Morgan fingerprint density at radius 1 is 0.966 bits per heavy atom. The number of carbonyl (C=O) groups is 1. The van der Waals surface area contributed by atoms with Crippen molar-refractivity contribution >= 4 is 23.2 Å². The molecule has 4 nitrogen and oxygen atoms in total. The molecular formula is C24H19ClN2O2. The zero-order valence-electron chi connectivity index (χ0n) is 16.1. The number of amides is 1. The first-order valence-electron chi connectivity index (χ1n) is 9.23. The van der Waals surface area contributed by atoms with Crippen LogP contribution in [0.2, 0.25) is 5.02 Å². The highest BCUT2D eigenvalue weighted by Gasteiger charge is 2.27. The van der Waals surface area contributed by atoms with Crippen molar-refractivity contribution in [1.82, 2.24) is 5.16 Å². The van der Waals surface area contributed by atoms with E-state index in [0.29, 0.717) is 33.3 Å². The number of anilines is 1. The van der Waals surface area contributed by atoms with Crippen molar-refractivity contribution in [2.75, 3.05) is 5.32 Å². The average Bonchev–Trinajstić information content (AvgIpc) is 3.13. The van der Waals surface area contributed by atoms with Crippen molar-refractivity contribution in [3.8, 4) is 22.6 Å². The largest absolute Gasteiger partial charge is 0.355 e. The van der Waals surface area contributed by atoms with Crippen LogP contribution >= 0.6 is 11.6 Å². The number of benzene rings is 3. The minimum Gasteiger partial charge on any atom is -0.355 e. The van der Waals surface area contributed by atoms with Gasteiger partial charge in [-0.2, -0.15) is 0 Å². The quantitative estimate of drug-likeness (QED) is 0.422. The summed E-state index contributed by atoms with van der Waals surface area (Å²) in [5, 5.41) is 7.72. The topological polar surface area (TPSA) is 55.1 Å². The van der Waals surface area contributed by atoms with E-state index in [-0.39, 0.29) is 5.91 Å². The van der Waals surface area contributed by atoms with Crippen LogP contribution in [-0.2, 0) is 0 Å². The van der Waals surface area contributed by atoms with Crippen LogP contribution in [-0.4, -0.2) is 11.1 Å². The summed E-state index contributed by atoms with van der Waals surface area (Å²) in [4.78, 5) is 13.3. The average molecular weight is 403 g/mol. The van der Waals surface area contributed by atoms with Crippen LogP contribution in [0.4, 0.5) is 5.69 Å². The van der Waals surface area contributed by atoms with Crippen LogP contribution in [0.5, 0.6) is 0 Å². The highest BCUT2D eigenvalue weighted by Crippen LogP contribution is 2.37. The molecule has 0 bridgehead atoms. The Morgan fingerprint density at radius 2 is 1.72 bits per heavy atom. The van der Waals surface area contributed by atoms with Gasteiger partial charge in [-0.05, 0) is 43.2 Å². The van der Waals surface area contributed by atoms with Crippen molar-refractivity contribution < 1.29 is 9.32 Å². The van der Waals surface area contributed by atoms with Gasteiger partial charge in [-0.25, -0.2) is 0 Å². The van der Waals surface area contributed by atoms with Crippen LogP contribution in [0.15, 0.2) is 77.3 Å². The fraction of sp³-hybridized carbons (Fsp3) is 0.0833. The lowest BCUT2D eigenvalue weighted by molar-refractivity contribution is 0.102. The Balaban J connectivity index is 1.87. The van der Waals surface area contributed by atoms with Gasteiger partial charge in [0.05, 0.1) is 5.02 Å². The molecule has 4 aromatic rings. The molecule has 1 amide bonds. The molecule has 0 unspecified atom stereocenters. The molecule has 0 aliphatic rings. The number of rotatable bonds is 4. The van der Waals surface area contributed by atoms with Crippen molar-refractivity contribution in [3.63, 3.8) is 0 Å². The molecule has 0 saturated carbocycles. The number of aromatic nitrogens is 1. The number of hydrogen-bond donors (Lipinski definition) is 1. The molecule has 5 heteroatoms. The first-order chi connectivity index (χ1) is 14.0. The van der Waals surface area contributed by atoms with Gasteiger partial charge in [0.25, 0.3) is 5.91 Å². The number of hydrogen-bond acceptors (Lipinski definition) is 3. The van der Waals surface area contributed by atoms with Gasteiger partial charge in [-0.3, -0.25) is 4.79 Å². The predicted octanol–water partition coefficient (Wildman–Crippen LogP) is 6.53. The summed E-state index contributed by atoms with van der Waals surface area (Å²) < 4.78 is 5.66. The van der Waals surface area contributed by atoms with Gasteiger partial charge in [0.15, 0.2) is 5.76 Å². The lowest BCUT2D eigenvalue weighted by Crippen LogP contribution is -2.13. The Hall–Kier alpha value is -3.37. The zero-order chi connectivity index (χ0) is 20.4. The van der Waals surface area contributed by atoms with E-state index in [2.05, 4.69) is 10.5 Å². The SMILES string of the molecule is Cc1cccc(NC(=O)c2c(-c3c(C)cccc3Cl)noc2-c2ccccc2)c1. The van der Waals surface area contributed by atoms with Crippen molar-refractivity contribution in [3.05, 3.63) is 94.5 Å². The number of nitrogens with one attached hydrogen (secondary N) is 1. The normalized spacial score (nSPS) is 10.7. The van der Waals surface area contributed by atoms with E-state index in [9.17, 15) is 4.79 Å². The molecule has 0 aliphatic heterocycles. The molecule has 1 heterocycles. The van der Waals surface area contributed by atoms with Gasteiger partial charge in [0, 0.05) is 16.8 Å². The van der Waals surface area contributed by atoms with Gasteiger partial charge in [0.1, 0.15) is 11.3 Å². The van der Waals surface area contributed by atoms with E-state index >= 15 is 0 Å². The molecule has 0 atom stereocenters. The van der Waals surface area contributed by atoms with Crippen molar-refractivity contribution in [1.29, 1.82) is 0 Å². The van der Waals surface area contributed by atoms with E-state index in [1.165, 1.54) is 0 Å². The molecule has 0 spiro atoms. The molecule has 0 fully saturated rings. The van der Waals surface area contributed by atoms with E-state index < -0.39 is 0 Å². The number of halogens is 1. The molecule has 0 saturated heterocycles. The highest BCUT2D eigenvalue weighted by molar-refractivity contribution is 6.33. The maximum atomic E-state index is 13.3. The van der Waals surface area contributed by atoms with E-state index in [1.807, 2.05) is 80.6 Å². The summed E-state index contributed by atoms with van der Waals surface area (Å²) in [5.74, 6) is 0.107. The van der Waals surface area contributed by atoms with Gasteiger partial charge in [-0.15, -0.1) is 0 Å². The molecule has 1 N–H and O–H groups in total. The second-order valence-corrected chi connectivity index (χ2v) is 7.26. The minimum absolute atomic E-state index is 0.301. The summed E-state index contributed by atoms with van der Waals surface area (Å²) in [6.07, 6.45) is 0. The first kappa shape index (κ1) is 19.0. The zero-order valence-corrected chi connectivity index (χ0v) is 16.8. The van der Waals surface area contributed by atoms with Gasteiger partial charge < -0.3 is 9.84 Å². The fourth-order valence-corrected chi connectivity index (χ4v) is 3.62. The third-order valence-corrected chi connectivity index (χ3v) is 5.00. The maximum Gasteiger partial charge on any atom is 0.261 e. The van der Waals surface area contributed by atoms with Gasteiger partial charge in [0.2, 0.25) is 0 Å². The second kappa shape index (κ2) is 7.94. The summed E-state index contributed by atoms with van der Waals surface area (Å²) in [6, 6.07) is 22.7. The van der Waals surface area contributed by atoms with E-state index in [1.54, 1.807) is 6.07 Å². The van der Waals surface area contributed by atoms with Crippen LogP contribution in [0, 0.1) is 13.8 Å². The Kier molecular flexibility index (Phi) is 5.19. The smallest absolute Gasteiger partial charge is 0.261 e. The maximum absolute atomic E-state index is 13.3. The minimum atomic E-state index is -0.301. The monoisotopic (exact) mass is 402 g/mol. The van der Waals surface area contributed by atoms with Crippen molar-refractivity contribution in [2.24, 2.45) is 0 Å². The number of aryl methyl sites for hydroxylation is 2.